The molecular formula is C15H24N2O. The molecule has 0 saturated heterocycles. The molecule has 1 aliphatic rings. The maximum Gasteiger partial charge on any atom is 0.131 e. The number of nitrogens with zero attached hydrogens (tertiary/aromatic N) is 2. The van der Waals surface area contributed by atoms with E-state index in [4.69, 9.17) is 5.11 Å². The number of aromatic nitrogens is 2. The van der Waals surface area contributed by atoms with Gasteiger partial charge in [-0.05, 0) is 44.4 Å². The second kappa shape index (κ2) is 5.79. The van der Waals surface area contributed by atoms with Crippen LogP contribution < -0.4 is 0 Å². The molecule has 0 aliphatic heterocycles. The summed E-state index contributed by atoms with van der Waals surface area (Å²) >= 11 is 0. The number of aliphatic hydroxyl groups excluding tert-OH is 1. The van der Waals surface area contributed by atoms with Crippen molar-refractivity contribution in [2.75, 3.05) is 0 Å². The van der Waals surface area contributed by atoms with E-state index in [2.05, 4.69) is 23.8 Å². The lowest BCUT2D eigenvalue weighted by atomic mass is 9.76. The molecule has 1 aliphatic carbocycles. The molecule has 3 heteroatoms. The second-order valence-corrected chi connectivity index (χ2v) is 5.85. The van der Waals surface area contributed by atoms with E-state index in [0.29, 0.717) is 5.92 Å². The standard InChI is InChI=1S/C15H24N2O/c1-10(2)12-4-6-13(7-5-12)15-16-8-14(9-18)11(3)17-15/h8,10,12-13,18H,4-7,9H2,1-3H3. The van der Waals surface area contributed by atoms with Gasteiger partial charge in [-0.2, -0.15) is 0 Å². The van der Waals surface area contributed by atoms with Crippen molar-refractivity contribution in [3.8, 4) is 0 Å². The molecule has 18 heavy (non-hydrogen) atoms. The molecule has 1 N–H and O–H groups in total. The summed E-state index contributed by atoms with van der Waals surface area (Å²) in [5.74, 6) is 3.17. The molecule has 0 spiro atoms. The van der Waals surface area contributed by atoms with Crippen molar-refractivity contribution in [1.82, 2.24) is 9.97 Å². The Morgan fingerprint density at radius 3 is 2.44 bits per heavy atom. The van der Waals surface area contributed by atoms with Crippen LogP contribution in [-0.2, 0) is 6.61 Å². The van der Waals surface area contributed by atoms with Crippen molar-refractivity contribution in [2.24, 2.45) is 11.8 Å². The monoisotopic (exact) mass is 248 g/mol. The van der Waals surface area contributed by atoms with Gasteiger partial charge in [0.1, 0.15) is 5.82 Å². The van der Waals surface area contributed by atoms with Crippen molar-refractivity contribution in [3.63, 3.8) is 0 Å². The van der Waals surface area contributed by atoms with Crippen molar-refractivity contribution in [3.05, 3.63) is 23.3 Å². The first-order chi connectivity index (χ1) is 8.61. The van der Waals surface area contributed by atoms with Gasteiger partial charge in [0.15, 0.2) is 0 Å². The van der Waals surface area contributed by atoms with E-state index in [1.165, 1.54) is 25.7 Å². The van der Waals surface area contributed by atoms with E-state index >= 15 is 0 Å². The molecule has 0 aromatic carbocycles. The predicted octanol–water partition coefficient (Wildman–Crippen LogP) is 3.21. The molecule has 1 heterocycles. The quantitative estimate of drug-likeness (QED) is 0.893. The van der Waals surface area contributed by atoms with Gasteiger partial charge < -0.3 is 5.11 Å². The highest BCUT2D eigenvalue weighted by atomic mass is 16.3. The van der Waals surface area contributed by atoms with E-state index in [1.807, 2.05) is 6.92 Å². The van der Waals surface area contributed by atoms with Gasteiger partial charge in [-0.15, -0.1) is 0 Å². The zero-order valence-corrected chi connectivity index (χ0v) is 11.7. The molecule has 0 bridgehead atoms. The van der Waals surface area contributed by atoms with Crippen LogP contribution in [0.25, 0.3) is 0 Å². The highest BCUT2D eigenvalue weighted by molar-refractivity contribution is 5.16. The molecule has 0 atom stereocenters. The largest absolute Gasteiger partial charge is 0.392 e. The summed E-state index contributed by atoms with van der Waals surface area (Å²) < 4.78 is 0. The van der Waals surface area contributed by atoms with Crippen LogP contribution in [0.15, 0.2) is 6.20 Å². The van der Waals surface area contributed by atoms with Gasteiger partial charge in [0.2, 0.25) is 0 Å². The highest BCUT2D eigenvalue weighted by Crippen LogP contribution is 2.37. The summed E-state index contributed by atoms with van der Waals surface area (Å²) in [7, 11) is 0. The lowest BCUT2D eigenvalue weighted by molar-refractivity contribution is 0.254. The molecule has 100 valence electrons. The lowest BCUT2D eigenvalue weighted by Gasteiger charge is -2.30. The van der Waals surface area contributed by atoms with E-state index in [9.17, 15) is 0 Å². The molecule has 1 aromatic rings. The molecule has 2 rings (SSSR count). The number of aryl methyl sites for hydroxylation is 1. The Bertz CT molecular complexity index is 395. The summed E-state index contributed by atoms with van der Waals surface area (Å²) in [5, 5.41) is 9.14. The SMILES string of the molecule is Cc1nc(C2CCC(C(C)C)CC2)ncc1CO. The zero-order valence-electron chi connectivity index (χ0n) is 11.7. The van der Waals surface area contributed by atoms with Crippen LogP contribution in [0.4, 0.5) is 0 Å². The number of hydrogen-bond donors (Lipinski definition) is 1. The first-order valence-electron chi connectivity index (χ1n) is 7.05. The van der Waals surface area contributed by atoms with Crippen molar-refractivity contribution < 1.29 is 5.11 Å². The topological polar surface area (TPSA) is 46.0 Å². The van der Waals surface area contributed by atoms with Gasteiger partial charge in [0.25, 0.3) is 0 Å². The Hall–Kier alpha value is -0.960. The first kappa shape index (κ1) is 13.5. The Labute approximate surface area is 110 Å². The zero-order chi connectivity index (χ0) is 13.1. The van der Waals surface area contributed by atoms with Crippen LogP contribution in [0.2, 0.25) is 0 Å². The average Bonchev–Trinajstić information content (AvgIpc) is 2.38. The highest BCUT2D eigenvalue weighted by Gasteiger charge is 2.25. The van der Waals surface area contributed by atoms with Gasteiger partial charge in [-0.25, -0.2) is 9.97 Å². The molecule has 0 unspecified atom stereocenters. The Morgan fingerprint density at radius 1 is 1.28 bits per heavy atom. The van der Waals surface area contributed by atoms with Gasteiger partial charge >= 0.3 is 0 Å². The van der Waals surface area contributed by atoms with E-state index in [0.717, 1.165) is 28.9 Å². The number of aliphatic hydroxyl groups is 1. The Morgan fingerprint density at radius 2 is 1.94 bits per heavy atom. The minimum absolute atomic E-state index is 0.0339. The van der Waals surface area contributed by atoms with E-state index in [-0.39, 0.29) is 6.61 Å². The average molecular weight is 248 g/mol. The maximum atomic E-state index is 9.14. The molecule has 0 amide bonds. The smallest absolute Gasteiger partial charge is 0.131 e. The van der Waals surface area contributed by atoms with Crippen LogP contribution in [0, 0.1) is 18.8 Å². The van der Waals surface area contributed by atoms with Crippen LogP contribution in [0.3, 0.4) is 0 Å². The van der Waals surface area contributed by atoms with Crippen molar-refractivity contribution >= 4 is 0 Å². The summed E-state index contributed by atoms with van der Waals surface area (Å²) in [5.41, 5.74) is 1.77. The maximum absolute atomic E-state index is 9.14. The number of hydrogen-bond acceptors (Lipinski definition) is 3. The van der Waals surface area contributed by atoms with Crippen molar-refractivity contribution in [1.29, 1.82) is 0 Å². The molecule has 1 fully saturated rings. The Balaban J connectivity index is 2.03. The normalized spacial score (nSPS) is 24.5. The molecular weight excluding hydrogens is 224 g/mol. The molecule has 1 aromatic heterocycles. The van der Waals surface area contributed by atoms with Crippen LogP contribution in [0.5, 0.6) is 0 Å². The summed E-state index contributed by atoms with van der Waals surface area (Å²) in [4.78, 5) is 9.00. The fourth-order valence-electron chi connectivity index (χ4n) is 2.91. The van der Waals surface area contributed by atoms with Gasteiger partial charge in [0, 0.05) is 23.4 Å². The fourth-order valence-corrected chi connectivity index (χ4v) is 2.91. The minimum Gasteiger partial charge on any atom is -0.392 e. The second-order valence-electron chi connectivity index (χ2n) is 5.85. The fraction of sp³-hybridized carbons (Fsp3) is 0.733. The lowest BCUT2D eigenvalue weighted by Crippen LogP contribution is -2.19. The van der Waals surface area contributed by atoms with E-state index in [1.54, 1.807) is 6.20 Å². The minimum atomic E-state index is 0.0339. The summed E-state index contributed by atoms with van der Waals surface area (Å²) in [6.45, 7) is 6.63. The third-order valence-corrected chi connectivity index (χ3v) is 4.35. The van der Waals surface area contributed by atoms with Gasteiger partial charge in [-0.1, -0.05) is 13.8 Å². The predicted molar refractivity (Wildman–Crippen MR) is 72.2 cm³/mol. The van der Waals surface area contributed by atoms with Gasteiger partial charge in [-0.3, -0.25) is 0 Å². The van der Waals surface area contributed by atoms with Gasteiger partial charge in [0.05, 0.1) is 6.61 Å². The number of rotatable bonds is 3. The van der Waals surface area contributed by atoms with Crippen LogP contribution >= 0.6 is 0 Å². The van der Waals surface area contributed by atoms with Crippen molar-refractivity contribution in [2.45, 2.75) is 59.0 Å². The molecule has 1 saturated carbocycles. The first-order valence-corrected chi connectivity index (χ1v) is 7.05. The third-order valence-electron chi connectivity index (χ3n) is 4.35. The van der Waals surface area contributed by atoms with Crippen LogP contribution in [0.1, 0.15) is 62.5 Å². The molecule has 0 radical (unpaired) electrons. The third kappa shape index (κ3) is 2.89. The molecule has 3 nitrogen and oxygen atoms in total. The van der Waals surface area contributed by atoms with Crippen LogP contribution in [-0.4, -0.2) is 15.1 Å². The Kier molecular flexibility index (Phi) is 4.33. The van der Waals surface area contributed by atoms with E-state index < -0.39 is 0 Å². The summed E-state index contributed by atoms with van der Waals surface area (Å²) in [6, 6.07) is 0. The summed E-state index contributed by atoms with van der Waals surface area (Å²) in [6.07, 6.45) is 6.80.